The second kappa shape index (κ2) is 7.23. The van der Waals surface area contributed by atoms with E-state index < -0.39 is 0 Å². The van der Waals surface area contributed by atoms with Gasteiger partial charge in [0.25, 0.3) is 5.91 Å². The summed E-state index contributed by atoms with van der Waals surface area (Å²) in [6.07, 6.45) is 3.66. The lowest BCUT2D eigenvalue weighted by Gasteiger charge is -2.45. The molecular formula is C17H26N6OS. The first kappa shape index (κ1) is 18.0. The molecule has 0 bridgehead atoms. The molecule has 1 N–H and O–H groups in total. The Bertz CT molecular complexity index is 737. The highest BCUT2D eigenvalue weighted by Gasteiger charge is 2.30. The van der Waals surface area contributed by atoms with Crippen molar-refractivity contribution in [1.82, 2.24) is 29.9 Å². The number of aromatic nitrogens is 3. The van der Waals surface area contributed by atoms with Gasteiger partial charge in [-0.15, -0.1) is 11.3 Å². The number of likely N-dealkylation sites (N-methyl/N-ethyl adjacent to an activating group) is 1. The van der Waals surface area contributed by atoms with Gasteiger partial charge in [-0.1, -0.05) is 0 Å². The van der Waals surface area contributed by atoms with E-state index in [0.717, 1.165) is 36.8 Å². The van der Waals surface area contributed by atoms with Crippen LogP contribution in [-0.2, 0) is 7.05 Å². The van der Waals surface area contributed by atoms with Crippen LogP contribution in [0.1, 0.15) is 24.3 Å². The van der Waals surface area contributed by atoms with Crippen LogP contribution in [0.2, 0.25) is 0 Å². The summed E-state index contributed by atoms with van der Waals surface area (Å²) in [5.74, 6) is -0.111. The van der Waals surface area contributed by atoms with Crippen LogP contribution in [0.4, 0.5) is 0 Å². The zero-order valence-electron chi connectivity index (χ0n) is 15.3. The summed E-state index contributed by atoms with van der Waals surface area (Å²) in [6, 6.07) is 0. The number of hydrogen-bond donors (Lipinski definition) is 1. The lowest BCUT2D eigenvalue weighted by Crippen LogP contribution is -2.58. The number of piperazine rings is 1. The number of thiazole rings is 1. The van der Waals surface area contributed by atoms with E-state index in [0.29, 0.717) is 12.2 Å². The molecule has 0 unspecified atom stereocenters. The van der Waals surface area contributed by atoms with E-state index in [1.165, 1.54) is 11.3 Å². The largest absolute Gasteiger partial charge is 0.349 e. The molecule has 1 saturated heterocycles. The van der Waals surface area contributed by atoms with E-state index in [-0.39, 0.29) is 11.4 Å². The molecule has 25 heavy (non-hydrogen) atoms. The molecule has 3 heterocycles. The Balaban J connectivity index is 1.49. The predicted molar refractivity (Wildman–Crippen MR) is 99.8 cm³/mol. The van der Waals surface area contributed by atoms with E-state index in [1.54, 1.807) is 16.3 Å². The van der Waals surface area contributed by atoms with Crippen molar-refractivity contribution in [2.75, 3.05) is 39.8 Å². The Hall–Kier alpha value is -1.77. The van der Waals surface area contributed by atoms with E-state index in [4.69, 9.17) is 0 Å². The van der Waals surface area contributed by atoms with Gasteiger partial charge in [0, 0.05) is 62.5 Å². The molecule has 2 aromatic rings. The number of aryl methyl sites for hydroxylation is 1. The highest BCUT2D eigenvalue weighted by molar-refractivity contribution is 7.13. The molecule has 1 fully saturated rings. The fourth-order valence-corrected chi connectivity index (χ4v) is 3.77. The molecule has 0 aliphatic carbocycles. The Morgan fingerprint density at radius 3 is 2.84 bits per heavy atom. The summed E-state index contributed by atoms with van der Waals surface area (Å²) >= 11 is 1.46. The normalized spacial score (nSPS) is 18.4. The fraction of sp³-hybridized carbons (Fsp3) is 0.588. The summed E-state index contributed by atoms with van der Waals surface area (Å²) in [6.45, 7) is 9.13. The first-order valence-electron chi connectivity index (χ1n) is 8.51. The maximum absolute atomic E-state index is 12.3. The van der Waals surface area contributed by atoms with Gasteiger partial charge in [0.15, 0.2) is 0 Å². The van der Waals surface area contributed by atoms with Gasteiger partial charge in [0.2, 0.25) is 0 Å². The molecule has 136 valence electrons. The van der Waals surface area contributed by atoms with Gasteiger partial charge in [-0.25, -0.2) is 4.98 Å². The SMILES string of the molecule is CN1CCN(CCNC(=O)c2csc(-c3cnn(C)c3)n2)CC1(C)C. The third-order valence-corrected chi connectivity index (χ3v) is 5.69. The molecule has 1 aliphatic rings. The lowest BCUT2D eigenvalue weighted by molar-refractivity contribution is 0.0405. The second-order valence-electron chi connectivity index (χ2n) is 7.21. The molecule has 7 nitrogen and oxygen atoms in total. The highest BCUT2D eigenvalue weighted by Crippen LogP contribution is 2.23. The van der Waals surface area contributed by atoms with Crippen LogP contribution in [0.25, 0.3) is 10.6 Å². The minimum Gasteiger partial charge on any atom is -0.349 e. The number of carbonyl (C=O) groups excluding carboxylic acids is 1. The highest BCUT2D eigenvalue weighted by atomic mass is 32.1. The Kier molecular flexibility index (Phi) is 5.21. The van der Waals surface area contributed by atoms with Gasteiger partial charge in [0.05, 0.1) is 6.20 Å². The minimum atomic E-state index is -0.111. The number of amides is 1. The van der Waals surface area contributed by atoms with Gasteiger partial charge in [0.1, 0.15) is 10.7 Å². The molecule has 2 aromatic heterocycles. The molecule has 0 spiro atoms. The average Bonchev–Trinajstić information content (AvgIpc) is 3.19. The van der Waals surface area contributed by atoms with Gasteiger partial charge in [-0.2, -0.15) is 5.10 Å². The van der Waals surface area contributed by atoms with Crippen LogP contribution in [0.5, 0.6) is 0 Å². The van der Waals surface area contributed by atoms with Crippen molar-refractivity contribution >= 4 is 17.2 Å². The van der Waals surface area contributed by atoms with Gasteiger partial charge in [-0.05, 0) is 20.9 Å². The topological polar surface area (TPSA) is 66.3 Å². The maximum Gasteiger partial charge on any atom is 0.270 e. The third-order valence-electron chi connectivity index (χ3n) is 4.80. The number of nitrogens with one attached hydrogen (secondary N) is 1. The molecule has 8 heteroatoms. The zero-order chi connectivity index (χ0) is 18.0. The Morgan fingerprint density at radius 2 is 2.16 bits per heavy atom. The monoisotopic (exact) mass is 362 g/mol. The zero-order valence-corrected chi connectivity index (χ0v) is 16.1. The van der Waals surface area contributed by atoms with E-state index >= 15 is 0 Å². The molecule has 1 amide bonds. The minimum absolute atomic E-state index is 0.111. The summed E-state index contributed by atoms with van der Waals surface area (Å²) < 4.78 is 1.73. The quantitative estimate of drug-likeness (QED) is 0.868. The van der Waals surface area contributed by atoms with Crippen molar-refractivity contribution in [2.24, 2.45) is 7.05 Å². The average molecular weight is 363 g/mol. The van der Waals surface area contributed by atoms with E-state index in [1.807, 2.05) is 13.2 Å². The van der Waals surface area contributed by atoms with Crippen molar-refractivity contribution in [1.29, 1.82) is 0 Å². The smallest absolute Gasteiger partial charge is 0.270 e. The number of rotatable bonds is 5. The van der Waals surface area contributed by atoms with Crippen LogP contribution < -0.4 is 5.32 Å². The van der Waals surface area contributed by atoms with Crippen molar-refractivity contribution in [3.63, 3.8) is 0 Å². The molecule has 3 rings (SSSR count). The molecule has 0 radical (unpaired) electrons. The van der Waals surface area contributed by atoms with Crippen molar-refractivity contribution in [3.05, 3.63) is 23.5 Å². The molecule has 1 aliphatic heterocycles. The van der Waals surface area contributed by atoms with Gasteiger partial charge < -0.3 is 5.32 Å². The fourth-order valence-electron chi connectivity index (χ4n) is 2.99. The molecular weight excluding hydrogens is 336 g/mol. The summed E-state index contributed by atoms with van der Waals surface area (Å²) in [5.41, 5.74) is 1.59. The first-order valence-corrected chi connectivity index (χ1v) is 9.39. The van der Waals surface area contributed by atoms with Crippen molar-refractivity contribution in [3.8, 4) is 10.6 Å². The van der Waals surface area contributed by atoms with E-state index in [9.17, 15) is 4.79 Å². The van der Waals surface area contributed by atoms with E-state index in [2.05, 4.69) is 46.1 Å². The summed E-state index contributed by atoms with van der Waals surface area (Å²) in [5, 5.41) is 9.74. The summed E-state index contributed by atoms with van der Waals surface area (Å²) in [4.78, 5) is 21.5. The molecule has 0 aromatic carbocycles. The Labute approximate surface area is 152 Å². The van der Waals surface area contributed by atoms with Crippen molar-refractivity contribution in [2.45, 2.75) is 19.4 Å². The van der Waals surface area contributed by atoms with Crippen molar-refractivity contribution < 1.29 is 4.79 Å². The maximum atomic E-state index is 12.3. The van der Waals surface area contributed by atoms with Crippen LogP contribution >= 0.6 is 11.3 Å². The molecule has 0 saturated carbocycles. The van der Waals surface area contributed by atoms with Crippen LogP contribution in [-0.4, -0.2) is 75.8 Å². The number of carbonyl (C=O) groups is 1. The second-order valence-corrected chi connectivity index (χ2v) is 8.06. The molecule has 0 atom stereocenters. The first-order chi connectivity index (χ1) is 11.8. The lowest BCUT2D eigenvalue weighted by atomic mass is 10.00. The van der Waals surface area contributed by atoms with Crippen LogP contribution in [0.15, 0.2) is 17.8 Å². The third kappa shape index (κ3) is 4.26. The number of hydrogen-bond acceptors (Lipinski definition) is 6. The van der Waals surface area contributed by atoms with Crippen LogP contribution in [0.3, 0.4) is 0 Å². The Morgan fingerprint density at radius 1 is 1.36 bits per heavy atom. The van der Waals surface area contributed by atoms with Gasteiger partial charge >= 0.3 is 0 Å². The van der Waals surface area contributed by atoms with Crippen LogP contribution in [0, 0.1) is 0 Å². The predicted octanol–water partition coefficient (Wildman–Crippen LogP) is 1.30. The van der Waals surface area contributed by atoms with Gasteiger partial charge in [-0.3, -0.25) is 19.3 Å². The number of nitrogens with zero attached hydrogens (tertiary/aromatic N) is 5. The summed E-state index contributed by atoms with van der Waals surface area (Å²) in [7, 11) is 4.03. The standard InChI is InChI=1S/C17H26N6OS/c1-17(2)12-23(8-7-21(17)3)6-5-18-15(24)14-11-25-16(20-14)13-9-19-22(4)10-13/h9-11H,5-8,12H2,1-4H3,(H,18,24).